The van der Waals surface area contributed by atoms with Crippen LogP contribution in [0.2, 0.25) is 0 Å². The third kappa shape index (κ3) is 1.38. The van der Waals surface area contributed by atoms with Gasteiger partial charge in [-0.25, -0.2) is 4.98 Å². The molecule has 0 spiro atoms. The number of halogens is 1. The van der Waals surface area contributed by atoms with Crippen LogP contribution in [0.1, 0.15) is 8.22 Å². The molecule has 2 rings (SSSR count). The fraction of sp³-hybridized carbons (Fsp3) is 0. The van der Waals surface area contributed by atoms with Gasteiger partial charge < -0.3 is 4.57 Å². The van der Waals surface area contributed by atoms with E-state index in [0.29, 0.717) is 0 Å². The SMILES string of the molecule is [2H]c1nc([2H])c(-n2c([2H])nc([2H])c2[2H])c([2H])c1Br. The zero-order chi connectivity index (χ0) is 13.6. The van der Waals surface area contributed by atoms with E-state index in [4.69, 9.17) is 8.22 Å². The van der Waals surface area contributed by atoms with Crippen molar-refractivity contribution in [3.63, 3.8) is 0 Å². The Labute approximate surface area is 86.6 Å². The van der Waals surface area contributed by atoms with Gasteiger partial charge in [-0.15, -0.1) is 0 Å². The van der Waals surface area contributed by atoms with Gasteiger partial charge in [-0.3, -0.25) is 4.98 Å². The number of aromatic nitrogens is 3. The van der Waals surface area contributed by atoms with Crippen molar-refractivity contribution in [1.29, 1.82) is 0 Å². The third-order valence-electron chi connectivity index (χ3n) is 1.14. The summed E-state index contributed by atoms with van der Waals surface area (Å²) in [6, 6.07) is -0.237. The maximum Gasteiger partial charge on any atom is 0.105 e. The number of pyridine rings is 1. The summed E-state index contributed by atoms with van der Waals surface area (Å²) >= 11 is 2.99. The van der Waals surface area contributed by atoms with Crippen molar-refractivity contribution in [3.05, 3.63) is 41.5 Å². The molecule has 12 heavy (non-hydrogen) atoms. The summed E-state index contributed by atoms with van der Waals surface area (Å²) in [4.78, 5) is 7.07. The molecule has 0 aromatic carbocycles. The van der Waals surface area contributed by atoms with Gasteiger partial charge in [0, 0.05) is 23.0 Å². The maximum absolute atomic E-state index is 7.81. The van der Waals surface area contributed by atoms with Gasteiger partial charge in [-0.05, 0) is 22.0 Å². The standard InChI is InChI=1S/C8H6BrN3/c9-7-3-8(5-11-4-7)12-2-1-10-6-12/h1-6H/i1D,2D,3D,4D,5D,6D. The fourth-order valence-corrected chi connectivity index (χ4v) is 0.953. The molecule has 2 aromatic heterocycles. The monoisotopic (exact) mass is 229 g/mol. The summed E-state index contributed by atoms with van der Waals surface area (Å²) in [5, 5.41) is 0. The zero-order valence-electron chi connectivity index (χ0n) is 11.7. The first-order valence-electron chi connectivity index (χ1n) is 6.00. The molecule has 0 unspecified atom stereocenters. The molecule has 0 radical (unpaired) electrons. The van der Waals surface area contributed by atoms with Crippen molar-refractivity contribution in [2.24, 2.45) is 0 Å². The lowest BCUT2D eigenvalue weighted by Crippen LogP contribution is -1.90. The van der Waals surface area contributed by atoms with Crippen molar-refractivity contribution >= 4 is 15.9 Å². The number of hydrogen-bond donors (Lipinski definition) is 0. The molecule has 0 bridgehead atoms. The molecule has 0 atom stereocenters. The van der Waals surface area contributed by atoms with E-state index < -0.39 is 24.8 Å². The highest BCUT2D eigenvalue weighted by Crippen LogP contribution is 2.12. The Kier molecular flexibility index (Phi) is 0.842. The molecule has 3 nitrogen and oxygen atoms in total. The van der Waals surface area contributed by atoms with E-state index in [9.17, 15) is 0 Å². The average molecular weight is 230 g/mol. The molecule has 0 fully saturated rings. The van der Waals surface area contributed by atoms with Gasteiger partial charge in [0.2, 0.25) is 0 Å². The first-order valence-corrected chi connectivity index (χ1v) is 3.80. The molecule has 0 saturated carbocycles. The predicted octanol–water partition coefficient (Wildman–Crippen LogP) is 2.03. The summed E-state index contributed by atoms with van der Waals surface area (Å²) in [5.74, 6) is 0. The number of rotatable bonds is 1. The molecule has 0 N–H and O–H groups in total. The molecular formula is C8H6BrN3. The molecule has 2 heterocycles. The molecule has 0 aliphatic heterocycles. The lowest BCUT2D eigenvalue weighted by atomic mass is 10.4. The lowest BCUT2D eigenvalue weighted by molar-refractivity contribution is 1.04. The van der Waals surface area contributed by atoms with E-state index in [1.54, 1.807) is 0 Å². The summed E-state index contributed by atoms with van der Waals surface area (Å²) < 4.78 is 46.3. The zero-order valence-corrected chi connectivity index (χ0v) is 7.31. The summed E-state index contributed by atoms with van der Waals surface area (Å²) in [6.07, 6.45) is -1.90. The van der Waals surface area contributed by atoms with E-state index in [0.717, 1.165) is 4.57 Å². The Bertz CT molecular complexity index is 640. The van der Waals surface area contributed by atoms with Crippen molar-refractivity contribution in [3.8, 4) is 5.69 Å². The highest BCUT2D eigenvalue weighted by Gasteiger charge is 1.95. The fourth-order valence-electron chi connectivity index (χ4n) is 0.677. The number of imidazole rings is 1. The smallest absolute Gasteiger partial charge is 0.105 e. The minimum absolute atomic E-state index is 0.0625. The molecular weight excluding hydrogens is 218 g/mol. The molecule has 0 amide bonds. The third-order valence-corrected chi connectivity index (χ3v) is 1.51. The summed E-state index contributed by atoms with van der Waals surface area (Å²) in [6.45, 7) is 0. The molecule has 0 saturated heterocycles. The topological polar surface area (TPSA) is 30.7 Å². The molecule has 0 aliphatic carbocycles. The van der Waals surface area contributed by atoms with E-state index in [-0.39, 0.29) is 22.4 Å². The molecule has 60 valence electrons. The Balaban J connectivity index is 2.83. The highest BCUT2D eigenvalue weighted by atomic mass is 79.9. The van der Waals surface area contributed by atoms with Crippen molar-refractivity contribution < 1.29 is 8.22 Å². The Hall–Kier alpha value is -1.16. The van der Waals surface area contributed by atoms with Crippen LogP contribution in [0.3, 0.4) is 0 Å². The van der Waals surface area contributed by atoms with Crippen molar-refractivity contribution in [1.82, 2.24) is 14.5 Å². The first kappa shape index (κ1) is 3.30. The molecule has 2 aromatic rings. The van der Waals surface area contributed by atoms with E-state index >= 15 is 0 Å². The van der Waals surface area contributed by atoms with Crippen LogP contribution >= 0.6 is 15.9 Å². The quantitative estimate of drug-likeness (QED) is 0.750. The normalized spacial score (nSPS) is 17.1. The Morgan fingerprint density at radius 1 is 1.42 bits per heavy atom. The Morgan fingerprint density at radius 2 is 2.33 bits per heavy atom. The van der Waals surface area contributed by atoms with Gasteiger partial charge in [0.1, 0.15) is 1.37 Å². The van der Waals surface area contributed by atoms with Crippen LogP contribution in [0.15, 0.2) is 41.5 Å². The minimum atomic E-state index is -0.418. The largest absolute Gasteiger partial charge is 0.305 e. The van der Waals surface area contributed by atoms with Crippen LogP contribution < -0.4 is 0 Å². The van der Waals surface area contributed by atoms with Crippen LogP contribution in [0.4, 0.5) is 0 Å². The van der Waals surface area contributed by atoms with Gasteiger partial charge in [0.15, 0.2) is 0 Å². The minimum Gasteiger partial charge on any atom is -0.305 e. The molecule has 0 aliphatic rings. The van der Waals surface area contributed by atoms with Crippen LogP contribution in [-0.2, 0) is 0 Å². The van der Waals surface area contributed by atoms with Crippen molar-refractivity contribution in [2.75, 3.05) is 0 Å². The average Bonchev–Trinajstić information content (AvgIpc) is 2.53. The van der Waals surface area contributed by atoms with E-state index in [1.165, 1.54) is 0 Å². The van der Waals surface area contributed by atoms with E-state index in [1.807, 2.05) is 0 Å². The van der Waals surface area contributed by atoms with Gasteiger partial charge in [0.05, 0.1) is 25.0 Å². The van der Waals surface area contributed by atoms with Crippen LogP contribution in [0.5, 0.6) is 0 Å². The predicted molar refractivity (Wildman–Crippen MR) is 49.1 cm³/mol. The summed E-state index contributed by atoms with van der Waals surface area (Å²) in [5.41, 5.74) is -0.140. The van der Waals surface area contributed by atoms with Gasteiger partial charge in [-0.2, -0.15) is 0 Å². The second-order valence-electron chi connectivity index (χ2n) is 1.89. The Morgan fingerprint density at radius 3 is 3.08 bits per heavy atom. The van der Waals surface area contributed by atoms with Gasteiger partial charge in [-0.1, -0.05) is 0 Å². The second-order valence-corrected chi connectivity index (χ2v) is 2.69. The first-order chi connectivity index (χ1) is 8.34. The highest BCUT2D eigenvalue weighted by molar-refractivity contribution is 9.10. The van der Waals surface area contributed by atoms with Gasteiger partial charge in [0.25, 0.3) is 0 Å². The number of nitrogens with zero attached hydrogens (tertiary/aromatic N) is 3. The van der Waals surface area contributed by atoms with Crippen molar-refractivity contribution in [2.45, 2.75) is 0 Å². The van der Waals surface area contributed by atoms with Crippen LogP contribution in [0.25, 0.3) is 5.69 Å². The second kappa shape index (κ2) is 3.06. The summed E-state index contributed by atoms with van der Waals surface area (Å²) in [7, 11) is 0. The lowest BCUT2D eigenvalue weighted by Gasteiger charge is -1.99. The maximum atomic E-state index is 7.81. The van der Waals surface area contributed by atoms with Gasteiger partial charge >= 0.3 is 0 Å². The van der Waals surface area contributed by atoms with Crippen LogP contribution in [-0.4, -0.2) is 14.5 Å². The molecule has 4 heteroatoms. The van der Waals surface area contributed by atoms with E-state index in [2.05, 4.69) is 25.9 Å². The number of hydrogen-bond acceptors (Lipinski definition) is 2. The van der Waals surface area contributed by atoms with Crippen LogP contribution in [0, 0.1) is 0 Å².